The van der Waals surface area contributed by atoms with E-state index in [1.54, 1.807) is 11.8 Å². The lowest BCUT2D eigenvalue weighted by Gasteiger charge is -2.31. The molecular formula is C14H21NOS. The third-order valence-corrected chi connectivity index (χ3v) is 4.15. The predicted octanol–water partition coefficient (Wildman–Crippen LogP) is 3.78. The van der Waals surface area contributed by atoms with Crippen LogP contribution in [0.5, 0.6) is 0 Å². The molecule has 0 radical (unpaired) electrons. The van der Waals surface area contributed by atoms with Gasteiger partial charge in [0.25, 0.3) is 0 Å². The molecule has 0 bridgehead atoms. The summed E-state index contributed by atoms with van der Waals surface area (Å²) < 4.78 is 5.56. The van der Waals surface area contributed by atoms with Crippen LogP contribution in [0.2, 0.25) is 0 Å². The van der Waals surface area contributed by atoms with Gasteiger partial charge in [-0.25, -0.2) is 0 Å². The fraction of sp³-hybridized carbons (Fsp3) is 0.571. The number of rotatable bonds is 4. The third kappa shape index (κ3) is 3.39. The Balaban J connectivity index is 2.02. The first kappa shape index (κ1) is 12.8. The average Bonchev–Trinajstić information content (AvgIpc) is 2.39. The standard InChI is InChI=1S/C14H21NOS/c1-16-14-9-4-3-8-13(14)15-11-6-5-7-12(10-11)17-2/h5-7,10,13-15H,3-4,8-9H2,1-2H3/t13-,14-/m1/s1. The first-order valence-corrected chi connectivity index (χ1v) is 7.49. The maximum Gasteiger partial charge on any atom is 0.0772 e. The lowest BCUT2D eigenvalue weighted by molar-refractivity contribution is 0.0606. The Morgan fingerprint density at radius 1 is 1.29 bits per heavy atom. The summed E-state index contributed by atoms with van der Waals surface area (Å²) in [5.41, 5.74) is 1.21. The summed E-state index contributed by atoms with van der Waals surface area (Å²) in [7, 11) is 1.82. The SMILES string of the molecule is CO[C@@H]1CCCC[C@H]1Nc1cccc(SC)c1. The third-order valence-electron chi connectivity index (χ3n) is 3.43. The fourth-order valence-corrected chi connectivity index (χ4v) is 2.93. The van der Waals surface area contributed by atoms with Gasteiger partial charge >= 0.3 is 0 Å². The quantitative estimate of drug-likeness (QED) is 0.823. The molecular weight excluding hydrogens is 230 g/mol. The highest BCUT2D eigenvalue weighted by molar-refractivity contribution is 7.98. The molecule has 0 amide bonds. The topological polar surface area (TPSA) is 21.3 Å². The number of anilines is 1. The van der Waals surface area contributed by atoms with E-state index < -0.39 is 0 Å². The molecule has 0 aliphatic heterocycles. The van der Waals surface area contributed by atoms with Crippen LogP contribution in [0.3, 0.4) is 0 Å². The highest BCUT2D eigenvalue weighted by Gasteiger charge is 2.24. The van der Waals surface area contributed by atoms with Crippen molar-refractivity contribution in [2.45, 2.75) is 42.7 Å². The first-order chi connectivity index (χ1) is 8.33. The smallest absolute Gasteiger partial charge is 0.0772 e. The van der Waals surface area contributed by atoms with Gasteiger partial charge in [0, 0.05) is 17.7 Å². The molecule has 2 atom stereocenters. The zero-order valence-corrected chi connectivity index (χ0v) is 11.4. The highest BCUT2D eigenvalue weighted by atomic mass is 32.2. The van der Waals surface area contributed by atoms with Crippen LogP contribution >= 0.6 is 11.8 Å². The number of methoxy groups -OCH3 is 1. The molecule has 17 heavy (non-hydrogen) atoms. The maximum absolute atomic E-state index is 5.56. The van der Waals surface area contributed by atoms with Crippen molar-refractivity contribution >= 4 is 17.4 Å². The van der Waals surface area contributed by atoms with E-state index in [1.165, 1.54) is 36.3 Å². The largest absolute Gasteiger partial charge is 0.380 e. The van der Waals surface area contributed by atoms with Gasteiger partial charge in [-0.3, -0.25) is 0 Å². The van der Waals surface area contributed by atoms with Gasteiger partial charge in [-0.1, -0.05) is 18.9 Å². The van der Waals surface area contributed by atoms with E-state index in [1.807, 2.05) is 7.11 Å². The van der Waals surface area contributed by atoms with E-state index >= 15 is 0 Å². The zero-order chi connectivity index (χ0) is 12.1. The number of nitrogens with one attached hydrogen (secondary N) is 1. The molecule has 0 heterocycles. The van der Waals surface area contributed by atoms with E-state index in [9.17, 15) is 0 Å². The fourth-order valence-electron chi connectivity index (χ4n) is 2.47. The molecule has 1 fully saturated rings. The minimum absolute atomic E-state index is 0.363. The lowest BCUT2D eigenvalue weighted by Crippen LogP contribution is -2.37. The van der Waals surface area contributed by atoms with Gasteiger partial charge in [-0.05, 0) is 37.3 Å². The Bertz CT molecular complexity index is 356. The number of hydrogen-bond acceptors (Lipinski definition) is 3. The van der Waals surface area contributed by atoms with Gasteiger partial charge in [0.15, 0.2) is 0 Å². The number of thioether (sulfide) groups is 1. The zero-order valence-electron chi connectivity index (χ0n) is 10.6. The molecule has 3 heteroatoms. The van der Waals surface area contributed by atoms with Crippen molar-refractivity contribution in [3.63, 3.8) is 0 Å². The molecule has 2 nitrogen and oxygen atoms in total. The van der Waals surface area contributed by atoms with Crippen LogP contribution in [0, 0.1) is 0 Å². The number of ether oxygens (including phenoxy) is 1. The summed E-state index contributed by atoms with van der Waals surface area (Å²) >= 11 is 1.78. The Labute approximate surface area is 108 Å². The van der Waals surface area contributed by atoms with Crippen LogP contribution in [0.25, 0.3) is 0 Å². The highest BCUT2D eigenvalue weighted by Crippen LogP contribution is 2.26. The van der Waals surface area contributed by atoms with Crippen LogP contribution in [-0.2, 0) is 4.74 Å². The maximum atomic E-state index is 5.56. The second kappa shape index (κ2) is 6.31. The second-order valence-electron chi connectivity index (χ2n) is 4.54. The number of benzene rings is 1. The summed E-state index contributed by atoms with van der Waals surface area (Å²) in [6, 6.07) is 9.07. The minimum Gasteiger partial charge on any atom is -0.380 e. The second-order valence-corrected chi connectivity index (χ2v) is 5.42. The Kier molecular flexibility index (Phi) is 4.75. The normalized spacial score (nSPS) is 24.6. The van der Waals surface area contributed by atoms with Crippen LogP contribution in [0.1, 0.15) is 25.7 Å². The van der Waals surface area contributed by atoms with Crippen molar-refractivity contribution in [1.82, 2.24) is 0 Å². The van der Waals surface area contributed by atoms with Gasteiger partial charge in [-0.2, -0.15) is 0 Å². The summed E-state index contributed by atoms with van der Waals surface area (Å²) in [5.74, 6) is 0. The van der Waals surface area contributed by atoms with Gasteiger partial charge in [-0.15, -0.1) is 11.8 Å². The van der Waals surface area contributed by atoms with Gasteiger partial charge in [0.2, 0.25) is 0 Å². The monoisotopic (exact) mass is 251 g/mol. The molecule has 0 saturated heterocycles. The summed E-state index contributed by atoms with van der Waals surface area (Å²) in [6.07, 6.45) is 7.46. The van der Waals surface area contributed by atoms with Gasteiger partial charge in [0.1, 0.15) is 0 Å². The molecule has 1 saturated carbocycles. The van der Waals surface area contributed by atoms with Crippen LogP contribution in [0.15, 0.2) is 29.2 Å². The summed E-state index contributed by atoms with van der Waals surface area (Å²) in [6.45, 7) is 0. The van der Waals surface area contributed by atoms with Crippen molar-refractivity contribution in [1.29, 1.82) is 0 Å². The summed E-state index contributed by atoms with van der Waals surface area (Å²) in [4.78, 5) is 1.31. The first-order valence-electron chi connectivity index (χ1n) is 6.27. The molecule has 1 aromatic carbocycles. The van der Waals surface area contributed by atoms with E-state index in [-0.39, 0.29) is 0 Å². The summed E-state index contributed by atoms with van der Waals surface area (Å²) in [5, 5.41) is 3.62. The van der Waals surface area contributed by atoms with Crippen molar-refractivity contribution in [2.75, 3.05) is 18.7 Å². The molecule has 1 N–H and O–H groups in total. The molecule has 1 aliphatic carbocycles. The molecule has 0 spiro atoms. The predicted molar refractivity (Wildman–Crippen MR) is 74.9 cm³/mol. The van der Waals surface area contributed by atoms with Gasteiger partial charge in [0.05, 0.1) is 12.1 Å². The van der Waals surface area contributed by atoms with Crippen LogP contribution in [-0.4, -0.2) is 25.5 Å². The molecule has 2 rings (SSSR count). The molecule has 1 aliphatic rings. The van der Waals surface area contributed by atoms with Crippen LogP contribution < -0.4 is 5.32 Å². The van der Waals surface area contributed by atoms with E-state index in [2.05, 4.69) is 35.8 Å². The Morgan fingerprint density at radius 3 is 2.88 bits per heavy atom. The van der Waals surface area contributed by atoms with E-state index in [4.69, 9.17) is 4.74 Å². The molecule has 0 unspecified atom stereocenters. The Morgan fingerprint density at radius 2 is 2.12 bits per heavy atom. The molecule has 1 aromatic rings. The van der Waals surface area contributed by atoms with Crippen molar-refractivity contribution in [3.05, 3.63) is 24.3 Å². The van der Waals surface area contributed by atoms with Crippen molar-refractivity contribution < 1.29 is 4.74 Å². The van der Waals surface area contributed by atoms with Crippen molar-refractivity contribution in [2.24, 2.45) is 0 Å². The number of hydrogen-bond donors (Lipinski definition) is 1. The average molecular weight is 251 g/mol. The van der Waals surface area contributed by atoms with E-state index in [0.717, 1.165) is 0 Å². The Hall–Kier alpha value is -0.670. The minimum atomic E-state index is 0.363. The van der Waals surface area contributed by atoms with E-state index in [0.29, 0.717) is 12.1 Å². The van der Waals surface area contributed by atoms with Gasteiger partial charge < -0.3 is 10.1 Å². The lowest BCUT2D eigenvalue weighted by atomic mass is 9.92. The van der Waals surface area contributed by atoms with Crippen molar-refractivity contribution in [3.8, 4) is 0 Å². The molecule has 94 valence electrons. The van der Waals surface area contributed by atoms with Crippen LogP contribution in [0.4, 0.5) is 5.69 Å². The molecule has 0 aromatic heterocycles.